The van der Waals surface area contributed by atoms with E-state index in [1.165, 1.54) is 0 Å². The molecule has 0 bridgehead atoms. The third-order valence-electron chi connectivity index (χ3n) is 5.25. The normalized spacial score (nSPS) is 14.4. The molecule has 1 aliphatic heterocycles. The Balaban J connectivity index is 1.37. The minimum absolute atomic E-state index is 0.00659. The van der Waals surface area contributed by atoms with Crippen LogP contribution >= 0.6 is 0 Å². The summed E-state index contributed by atoms with van der Waals surface area (Å²) in [6, 6.07) is 19.5. The zero-order chi connectivity index (χ0) is 20.1. The summed E-state index contributed by atoms with van der Waals surface area (Å²) in [5.74, 6) is 1.69. The predicted molar refractivity (Wildman–Crippen MR) is 114 cm³/mol. The number of aromatic nitrogens is 2. The summed E-state index contributed by atoms with van der Waals surface area (Å²) in [4.78, 5) is 23.7. The summed E-state index contributed by atoms with van der Waals surface area (Å²) in [6.45, 7) is 1.59. The zero-order valence-corrected chi connectivity index (χ0v) is 16.4. The summed E-state index contributed by atoms with van der Waals surface area (Å²) < 4.78 is 5.22. The van der Waals surface area contributed by atoms with Gasteiger partial charge < -0.3 is 15.0 Å². The molecule has 1 amide bonds. The number of hydrogen-bond acceptors (Lipinski definition) is 5. The first-order chi connectivity index (χ1) is 14.2. The Kier molecular flexibility index (Phi) is 5.70. The summed E-state index contributed by atoms with van der Waals surface area (Å²) >= 11 is 0. The van der Waals surface area contributed by atoms with Crippen molar-refractivity contribution in [2.45, 2.75) is 12.8 Å². The average molecular weight is 388 g/mol. The molecule has 148 valence electrons. The van der Waals surface area contributed by atoms with Gasteiger partial charge in [0, 0.05) is 42.4 Å². The van der Waals surface area contributed by atoms with E-state index < -0.39 is 0 Å². The summed E-state index contributed by atoms with van der Waals surface area (Å²) in [5, 5.41) is 3.01. The van der Waals surface area contributed by atoms with Crippen LogP contribution in [0.1, 0.15) is 12.8 Å². The van der Waals surface area contributed by atoms with Crippen LogP contribution in [0.3, 0.4) is 0 Å². The highest BCUT2D eigenvalue weighted by Crippen LogP contribution is 2.26. The second-order valence-corrected chi connectivity index (χ2v) is 7.11. The zero-order valence-electron chi connectivity index (χ0n) is 16.4. The second-order valence-electron chi connectivity index (χ2n) is 7.11. The van der Waals surface area contributed by atoms with Gasteiger partial charge in [-0.2, -0.15) is 0 Å². The van der Waals surface area contributed by atoms with E-state index in [0.717, 1.165) is 54.4 Å². The average Bonchev–Trinajstić information content (AvgIpc) is 2.80. The number of anilines is 2. The molecule has 4 rings (SSSR count). The molecule has 6 heteroatoms. The van der Waals surface area contributed by atoms with Gasteiger partial charge in [0.2, 0.25) is 5.91 Å². The fourth-order valence-corrected chi connectivity index (χ4v) is 3.60. The highest BCUT2D eigenvalue weighted by Gasteiger charge is 2.26. The molecule has 1 N–H and O–H groups in total. The molecule has 29 heavy (non-hydrogen) atoms. The van der Waals surface area contributed by atoms with Crippen molar-refractivity contribution in [1.29, 1.82) is 0 Å². The number of piperidine rings is 1. The van der Waals surface area contributed by atoms with Crippen LogP contribution in [0, 0.1) is 5.92 Å². The number of benzene rings is 2. The van der Waals surface area contributed by atoms with Crippen LogP contribution in [0.15, 0.2) is 67.0 Å². The van der Waals surface area contributed by atoms with Crippen molar-refractivity contribution in [2.75, 3.05) is 30.4 Å². The van der Waals surface area contributed by atoms with Crippen LogP contribution in [0.25, 0.3) is 11.3 Å². The van der Waals surface area contributed by atoms with E-state index in [2.05, 4.69) is 20.2 Å². The Morgan fingerprint density at radius 2 is 1.83 bits per heavy atom. The third-order valence-corrected chi connectivity index (χ3v) is 5.25. The van der Waals surface area contributed by atoms with Crippen LogP contribution < -0.4 is 15.0 Å². The lowest BCUT2D eigenvalue weighted by molar-refractivity contribution is -0.120. The molecule has 6 nitrogen and oxygen atoms in total. The van der Waals surface area contributed by atoms with Crippen molar-refractivity contribution in [3.05, 3.63) is 67.0 Å². The van der Waals surface area contributed by atoms with Crippen molar-refractivity contribution < 1.29 is 9.53 Å². The maximum Gasteiger partial charge on any atom is 0.227 e. The number of ether oxygens (including phenoxy) is 1. The quantitative estimate of drug-likeness (QED) is 0.715. The molecular weight excluding hydrogens is 364 g/mol. The van der Waals surface area contributed by atoms with E-state index in [0.29, 0.717) is 0 Å². The molecule has 0 spiro atoms. The van der Waals surface area contributed by atoms with E-state index in [1.54, 1.807) is 13.4 Å². The Labute approximate surface area is 170 Å². The lowest BCUT2D eigenvalue weighted by atomic mass is 9.95. The van der Waals surface area contributed by atoms with Gasteiger partial charge >= 0.3 is 0 Å². The van der Waals surface area contributed by atoms with Crippen LogP contribution in [-0.4, -0.2) is 36.1 Å². The number of nitrogens with one attached hydrogen (secondary N) is 1. The molecule has 0 atom stereocenters. The topological polar surface area (TPSA) is 67.3 Å². The number of carbonyl (C=O) groups excluding carboxylic acids is 1. The minimum Gasteiger partial charge on any atom is -0.497 e. The minimum atomic E-state index is -0.00659. The molecule has 0 saturated carbocycles. The third kappa shape index (κ3) is 4.54. The molecule has 2 heterocycles. The van der Waals surface area contributed by atoms with E-state index in [-0.39, 0.29) is 11.8 Å². The monoisotopic (exact) mass is 388 g/mol. The Morgan fingerprint density at radius 3 is 2.59 bits per heavy atom. The summed E-state index contributed by atoms with van der Waals surface area (Å²) in [6.07, 6.45) is 3.19. The lowest BCUT2D eigenvalue weighted by Gasteiger charge is -2.32. The van der Waals surface area contributed by atoms with Crippen molar-refractivity contribution in [3.8, 4) is 17.0 Å². The molecule has 1 aliphatic rings. The van der Waals surface area contributed by atoms with Crippen LogP contribution in [0.2, 0.25) is 0 Å². The SMILES string of the molecule is COc1cccc(NC(=O)C2CCN(c3cc(-c4ccccc4)ncn3)CC2)c1. The molecule has 0 aliphatic carbocycles. The number of hydrogen-bond donors (Lipinski definition) is 1. The number of methoxy groups -OCH3 is 1. The Morgan fingerprint density at radius 1 is 1.03 bits per heavy atom. The smallest absolute Gasteiger partial charge is 0.227 e. The molecule has 0 unspecified atom stereocenters. The van der Waals surface area contributed by atoms with Crippen LogP contribution in [0.4, 0.5) is 11.5 Å². The van der Waals surface area contributed by atoms with Gasteiger partial charge in [0.05, 0.1) is 12.8 Å². The van der Waals surface area contributed by atoms with Gasteiger partial charge in [-0.1, -0.05) is 36.4 Å². The van der Waals surface area contributed by atoms with Gasteiger partial charge in [-0.25, -0.2) is 9.97 Å². The number of carbonyl (C=O) groups is 1. The van der Waals surface area contributed by atoms with Crippen molar-refractivity contribution >= 4 is 17.4 Å². The molecule has 3 aromatic rings. The van der Waals surface area contributed by atoms with E-state index in [4.69, 9.17) is 4.74 Å². The highest BCUT2D eigenvalue weighted by atomic mass is 16.5. The molecule has 1 fully saturated rings. The summed E-state index contributed by atoms with van der Waals surface area (Å²) in [7, 11) is 1.62. The van der Waals surface area contributed by atoms with E-state index in [1.807, 2.05) is 60.7 Å². The molecule has 1 aromatic heterocycles. The molecule has 2 aromatic carbocycles. The van der Waals surface area contributed by atoms with Gasteiger partial charge in [-0.15, -0.1) is 0 Å². The van der Waals surface area contributed by atoms with Crippen LogP contribution in [0.5, 0.6) is 5.75 Å². The Bertz CT molecular complexity index is 969. The van der Waals surface area contributed by atoms with Crippen LogP contribution in [-0.2, 0) is 4.79 Å². The first-order valence-electron chi connectivity index (χ1n) is 9.80. The first-order valence-corrected chi connectivity index (χ1v) is 9.80. The first kappa shape index (κ1) is 18.9. The number of nitrogens with zero attached hydrogens (tertiary/aromatic N) is 3. The largest absolute Gasteiger partial charge is 0.497 e. The van der Waals surface area contributed by atoms with Gasteiger partial charge in [0.25, 0.3) is 0 Å². The molecular formula is C23H24N4O2. The number of rotatable bonds is 5. The highest BCUT2D eigenvalue weighted by molar-refractivity contribution is 5.92. The molecule has 1 saturated heterocycles. The fourth-order valence-electron chi connectivity index (χ4n) is 3.60. The maximum atomic E-state index is 12.7. The summed E-state index contributed by atoms with van der Waals surface area (Å²) in [5.41, 5.74) is 2.75. The van der Waals surface area contributed by atoms with E-state index in [9.17, 15) is 4.79 Å². The maximum absolute atomic E-state index is 12.7. The standard InChI is InChI=1S/C23H24N4O2/c1-29-20-9-5-8-19(14-20)26-23(28)18-10-12-27(13-11-18)22-15-21(24-16-25-22)17-6-3-2-4-7-17/h2-9,14-16,18H,10-13H2,1H3,(H,26,28). The van der Waals surface area contributed by atoms with Crippen molar-refractivity contribution in [1.82, 2.24) is 9.97 Å². The second kappa shape index (κ2) is 8.73. The van der Waals surface area contributed by atoms with Gasteiger partial charge in [-0.05, 0) is 25.0 Å². The fraction of sp³-hybridized carbons (Fsp3) is 0.261. The van der Waals surface area contributed by atoms with Gasteiger partial charge in [0.1, 0.15) is 17.9 Å². The van der Waals surface area contributed by atoms with E-state index >= 15 is 0 Å². The Hall–Kier alpha value is -3.41. The predicted octanol–water partition coefficient (Wildman–Crippen LogP) is 4.01. The van der Waals surface area contributed by atoms with Crippen molar-refractivity contribution in [2.24, 2.45) is 5.92 Å². The lowest BCUT2D eigenvalue weighted by Crippen LogP contribution is -2.38. The number of amides is 1. The van der Waals surface area contributed by atoms with Crippen molar-refractivity contribution in [3.63, 3.8) is 0 Å². The van der Waals surface area contributed by atoms with Gasteiger partial charge in [0.15, 0.2) is 0 Å². The molecule has 0 radical (unpaired) electrons. The van der Waals surface area contributed by atoms with Gasteiger partial charge in [-0.3, -0.25) is 4.79 Å².